The van der Waals surface area contributed by atoms with Crippen molar-refractivity contribution in [2.75, 3.05) is 27.2 Å². The second-order valence-corrected chi connectivity index (χ2v) is 6.07. The normalized spacial score (nSPS) is 24.3. The SMILES string of the molecule is CNC(CN(C)C1CCOC1C)c1cc(C)ccc1C. The van der Waals surface area contributed by atoms with Gasteiger partial charge in [-0.2, -0.15) is 0 Å². The number of likely N-dealkylation sites (N-methyl/N-ethyl adjacent to an activating group) is 2. The summed E-state index contributed by atoms with van der Waals surface area (Å²) in [7, 11) is 4.26. The second-order valence-electron chi connectivity index (χ2n) is 6.07. The van der Waals surface area contributed by atoms with Gasteiger partial charge in [-0.05, 0) is 52.4 Å². The van der Waals surface area contributed by atoms with Gasteiger partial charge in [-0.15, -0.1) is 0 Å². The van der Waals surface area contributed by atoms with E-state index in [-0.39, 0.29) is 0 Å². The highest BCUT2D eigenvalue weighted by molar-refractivity contribution is 5.33. The first-order valence-corrected chi connectivity index (χ1v) is 7.59. The second kappa shape index (κ2) is 6.70. The van der Waals surface area contributed by atoms with Gasteiger partial charge >= 0.3 is 0 Å². The van der Waals surface area contributed by atoms with Crippen LogP contribution in [0.3, 0.4) is 0 Å². The zero-order chi connectivity index (χ0) is 14.7. The van der Waals surface area contributed by atoms with Crippen LogP contribution in [0.4, 0.5) is 0 Å². The summed E-state index contributed by atoms with van der Waals surface area (Å²) in [6.07, 6.45) is 1.48. The summed E-state index contributed by atoms with van der Waals surface area (Å²) in [4.78, 5) is 2.45. The fourth-order valence-electron chi connectivity index (χ4n) is 3.20. The van der Waals surface area contributed by atoms with E-state index in [4.69, 9.17) is 4.74 Å². The summed E-state index contributed by atoms with van der Waals surface area (Å²) in [5.41, 5.74) is 4.09. The van der Waals surface area contributed by atoms with Gasteiger partial charge in [-0.25, -0.2) is 0 Å². The first-order chi connectivity index (χ1) is 9.52. The Morgan fingerprint density at radius 3 is 2.75 bits per heavy atom. The Balaban J connectivity index is 2.10. The minimum Gasteiger partial charge on any atom is -0.377 e. The fourth-order valence-corrected chi connectivity index (χ4v) is 3.20. The molecule has 20 heavy (non-hydrogen) atoms. The molecule has 3 heteroatoms. The highest BCUT2D eigenvalue weighted by atomic mass is 16.5. The smallest absolute Gasteiger partial charge is 0.0702 e. The molecule has 0 aromatic heterocycles. The standard InChI is InChI=1S/C17H28N2O/c1-12-6-7-13(2)15(10-12)16(18-4)11-19(5)17-8-9-20-14(17)3/h6-7,10,14,16-18H,8-9,11H2,1-5H3. The van der Waals surface area contributed by atoms with Gasteiger partial charge in [0.1, 0.15) is 0 Å². The molecule has 0 bridgehead atoms. The quantitative estimate of drug-likeness (QED) is 0.895. The van der Waals surface area contributed by atoms with E-state index >= 15 is 0 Å². The minimum absolute atomic E-state index is 0.344. The Hall–Kier alpha value is -0.900. The molecule has 1 aliphatic rings. The molecule has 2 rings (SSSR count). The monoisotopic (exact) mass is 276 g/mol. The van der Waals surface area contributed by atoms with E-state index in [2.05, 4.69) is 63.3 Å². The number of aryl methyl sites for hydroxylation is 2. The molecule has 1 N–H and O–H groups in total. The summed E-state index contributed by atoms with van der Waals surface area (Å²) in [5, 5.41) is 3.47. The van der Waals surface area contributed by atoms with E-state index < -0.39 is 0 Å². The van der Waals surface area contributed by atoms with Crippen LogP contribution >= 0.6 is 0 Å². The van der Waals surface area contributed by atoms with E-state index in [9.17, 15) is 0 Å². The van der Waals surface area contributed by atoms with Gasteiger partial charge < -0.3 is 10.1 Å². The van der Waals surface area contributed by atoms with Crippen LogP contribution in [0.5, 0.6) is 0 Å². The number of nitrogens with one attached hydrogen (secondary N) is 1. The number of hydrogen-bond acceptors (Lipinski definition) is 3. The zero-order valence-electron chi connectivity index (χ0n) is 13.4. The van der Waals surface area contributed by atoms with Gasteiger partial charge in [-0.3, -0.25) is 4.90 Å². The van der Waals surface area contributed by atoms with Crippen LogP contribution in [0, 0.1) is 13.8 Å². The van der Waals surface area contributed by atoms with Gasteiger partial charge in [0.05, 0.1) is 6.10 Å². The number of ether oxygens (including phenoxy) is 1. The van der Waals surface area contributed by atoms with Crippen LogP contribution in [0.15, 0.2) is 18.2 Å². The Morgan fingerprint density at radius 2 is 2.15 bits per heavy atom. The van der Waals surface area contributed by atoms with Gasteiger partial charge in [0.25, 0.3) is 0 Å². The van der Waals surface area contributed by atoms with Crippen molar-refractivity contribution in [3.8, 4) is 0 Å². The predicted molar refractivity (Wildman–Crippen MR) is 84.2 cm³/mol. The molecule has 1 fully saturated rings. The molecule has 0 amide bonds. The number of benzene rings is 1. The molecule has 1 aromatic carbocycles. The van der Waals surface area contributed by atoms with Crippen LogP contribution in [0.25, 0.3) is 0 Å². The van der Waals surface area contributed by atoms with Crippen molar-refractivity contribution in [2.45, 2.75) is 45.4 Å². The largest absolute Gasteiger partial charge is 0.377 e. The number of rotatable bonds is 5. The lowest BCUT2D eigenvalue weighted by Crippen LogP contribution is -2.41. The molecule has 0 radical (unpaired) electrons. The Morgan fingerprint density at radius 1 is 1.40 bits per heavy atom. The summed E-state index contributed by atoms with van der Waals surface area (Å²) in [6.45, 7) is 8.44. The molecule has 1 heterocycles. The molecular formula is C17H28N2O. The van der Waals surface area contributed by atoms with E-state index in [1.54, 1.807) is 0 Å². The minimum atomic E-state index is 0.344. The van der Waals surface area contributed by atoms with Gasteiger partial charge in [0, 0.05) is 25.2 Å². The summed E-state index contributed by atoms with van der Waals surface area (Å²) >= 11 is 0. The highest BCUT2D eigenvalue weighted by Gasteiger charge is 2.29. The number of hydrogen-bond donors (Lipinski definition) is 1. The molecule has 0 saturated carbocycles. The lowest BCUT2D eigenvalue weighted by Gasteiger charge is -2.31. The van der Waals surface area contributed by atoms with Crippen LogP contribution in [-0.4, -0.2) is 44.3 Å². The average molecular weight is 276 g/mol. The van der Waals surface area contributed by atoms with E-state index in [1.807, 2.05) is 0 Å². The third-order valence-corrected chi connectivity index (χ3v) is 4.53. The van der Waals surface area contributed by atoms with Crippen molar-refractivity contribution in [3.63, 3.8) is 0 Å². The summed E-state index contributed by atoms with van der Waals surface area (Å²) in [5.74, 6) is 0. The van der Waals surface area contributed by atoms with E-state index in [0.717, 1.165) is 19.6 Å². The molecular weight excluding hydrogens is 248 g/mol. The molecule has 3 unspecified atom stereocenters. The Kier molecular flexibility index (Phi) is 5.19. The Bertz CT molecular complexity index is 447. The summed E-state index contributed by atoms with van der Waals surface area (Å²) < 4.78 is 5.69. The van der Waals surface area contributed by atoms with Gasteiger partial charge in [0.2, 0.25) is 0 Å². The van der Waals surface area contributed by atoms with Crippen molar-refractivity contribution >= 4 is 0 Å². The first kappa shape index (κ1) is 15.5. The van der Waals surface area contributed by atoms with Crippen LogP contribution in [0.2, 0.25) is 0 Å². The number of nitrogens with zero attached hydrogens (tertiary/aromatic N) is 1. The molecule has 0 spiro atoms. The molecule has 3 nitrogen and oxygen atoms in total. The van der Waals surface area contributed by atoms with Gasteiger partial charge in [0.15, 0.2) is 0 Å². The van der Waals surface area contributed by atoms with E-state index in [0.29, 0.717) is 18.2 Å². The maximum Gasteiger partial charge on any atom is 0.0702 e. The highest BCUT2D eigenvalue weighted by Crippen LogP contribution is 2.24. The molecule has 0 aliphatic carbocycles. The molecule has 1 aromatic rings. The lowest BCUT2D eigenvalue weighted by atomic mass is 9.98. The average Bonchev–Trinajstić information content (AvgIpc) is 2.85. The molecule has 1 aliphatic heterocycles. The zero-order valence-corrected chi connectivity index (χ0v) is 13.4. The van der Waals surface area contributed by atoms with Crippen LogP contribution in [0.1, 0.15) is 36.1 Å². The van der Waals surface area contributed by atoms with Crippen LogP contribution < -0.4 is 5.32 Å². The molecule has 1 saturated heterocycles. The fraction of sp³-hybridized carbons (Fsp3) is 0.647. The van der Waals surface area contributed by atoms with Crippen molar-refractivity contribution in [1.82, 2.24) is 10.2 Å². The van der Waals surface area contributed by atoms with Crippen molar-refractivity contribution in [1.29, 1.82) is 0 Å². The van der Waals surface area contributed by atoms with Crippen molar-refractivity contribution in [2.24, 2.45) is 0 Å². The summed E-state index contributed by atoms with van der Waals surface area (Å²) in [6, 6.07) is 7.61. The van der Waals surface area contributed by atoms with Gasteiger partial charge in [-0.1, -0.05) is 23.8 Å². The van der Waals surface area contributed by atoms with Crippen LogP contribution in [-0.2, 0) is 4.74 Å². The van der Waals surface area contributed by atoms with Crippen molar-refractivity contribution < 1.29 is 4.74 Å². The first-order valence-electron chi connectivity index (χ1n) is 7.59. The molecule has 3 atom stereocenters. The Labute approximate surface area is 123 Å². The van der Waals surface area contributed by atoms with E-state index in [1.165, 1.54) is 16.7 Å². The maximum atomic E-state index is 5.69. The maximum absolute atomic E-state index is 5.69. The van der Waals surface area contributed by atoms with Crippen molar-refractivity contribution in [3.05, 3.63) is 34.9 Å². The molecule has 112 valence electrons. The lowest BCUT2D eigenvalue weighted by molar-refractivity contribution is 0.0806. The third-order valence-electron chi connectivity index (χ3n) is 4.53. The predicted octanol–water partition coefficient (Wildman–Crippen LogP) is 2.67. The topological polar surface area (TPSA) is 24.5 Å². The third kappa shape index (κ3) is 3.40.